The first-order valence-electron chi connectivity index (χ1n) is 7.01. The number of fused-ring (bicyclic) bond motifs is 1. The van der Waals surface area contributed by atoms with Crippen molar-refractivity contribution >= 4 is 11.5 Å². The van der Waals surface area contributed by atoms with Crippen molar-refractivity contribution in [3.8, 4) is 11.4 Å². The van der Waals surface area contributed by atoms with Crippen LogP contribution in [-0.4, -0.2) is 32.7 Å². The Kier molecular flexibility index (Phi) is 3.79. The van der Waals surface area contributed by atoms with E-state index in [4.69, 9.17) is 5.73 Å². The van der Waals surface area contributed by atoms with Crippen LogP contribution in [-0.2, 0) is 0 Å². The average molecular weight is 282 g/mol. The molecule has 0 bridgehead atoms. The molecule has 0 radical (unpaired) electrons. The van der Waals surface area contributed by atoms with E-state index in [-0.39, 0.29) is 0 Å². The quantitative estimate of drug-likeness (QED) is 0.698. The summed E-state index contributed by atoms with van der Waals surface area (Å²) < 4.78 is 1.81. The predicted molar refractivity (Wildman–Crippen MR) is 83.1 cm³/mol. The van der Waals surface area contributed by atoms with E-state index in [0.717, 1.165) is 41.5 Å². The van der Waals surface area contributed by atoms with E-state index < -0.39 is 0 Å². The minimum absolute atomic E-state index is 0.665. The third-order valence-corrected chi connectivity index (χ3v) is 3.17. The molecule has 0 amide bonds. The zero-order valence-corrected chi connectivity index (χ0v) is 12.0. The molecule has 21 heavy (non-hydrogen) atoms. The number of nitrogens with zero attached hydrogens (tertiary/aromatic N) is 4. The number of nitrogens with two attached hydrogens (primary N) is 1. The van der Waals surface area contributed by atoms with Crippen LogP contribution in [0.4, 0.5) is 5.82 Å². The minimum Gasteiger partial charge on any atom is -0.370 e. The van der Waals surface area contributed by atoms with Gasteiger partial charge in [0.15, 0.2) is 5.65 Å². The van der Waals surface area contributed by atoms with Gasteiger partial charge in [0, 0.05) is 30.6 Å². The molecule has 6 heteroatoms. The molecule has 0 atom stereocenters. The molecule has 0 fully saturated rings. The molecule has 3 aromatic rings. The Morgan fingerprint density at radius 2 is 2.14 bits per heavy atom. The van der Waals surface area contributed by atoms with Crippen molar-refractivity contribution in [2.75, 3.05) is 18.4 Å². The second kappa shape index (κ2) is 5.88. The third-order valence-electron chi connectivity index (χ3n) is 3.17. The van der Waals surface area contributed by atoms with Crippen molar-refractivity contribution in [1.29, 1.82) is 0 Å². The second-order valence-corrected chi connectivity index (χ2v) is 4.87. The Hall–Kier alpha value is -2.47. The molecule has 3 rings (SSSR count). The molecule has 0 aliphatic rings. The summed E-state index contributed by atoms with van der Waals surface area (Å²) >= 11 is 0. The number of nitrogens with one attached hydrogen (secondary N) is 1. The van der Waals surface area contributed by atoms with Crippen LogP contribution in [0.3, 0.4) is 0 Å². The maximum Gasteiger partial charge on any atom is 0.158 e. The van der Waals surface area contributed by atoms with Gasteiger partial charge in [-0.15, -0.1) is 0 Å². The lowest BCUT2D eigenvalue weighted by Gasteiger charge is -2.08. The van der Waals surface area contributed by atoms with Gasteiger partial charge in [-0.2, -0.15) is 9.61 Å². The number of pyridine rings is 1. The highest BCUT2D eigenvalue weighted by Gasteiger charge is 2.10. The van der Waals surface area contributed by atoms with E-state index in [1.165, 1.54) is 0 Å². The van der Waals surface area contributed by atoms with E-state index in [0.29, 0.717) is 6.54 Å². The van der Waals surface area contributed by atoms with Crippen LogP contribution >= 0.6 is 0 Å². The van der Waals surface area contributed by atoms with Crippen LogP contribution in [0.2, 0.25) is 0 Å². The molecular weight excluding hydrogens is 264 g/mol. The van der Waals surface area contributed by atoms with Gasteiger partial charge < -0.3 is 11.1 Å². The molecule has 108 valence electrons. The highest BCUT2D eigenvalue weighted by Crippen LogP contribution is 2.19. The first-order chi connectivity index (χ1) is 10.3. The number of aromatic nitrogens is 4. The molecule has 0 unspecified atom stereocenters. The van der Waals surface area contributed by atoms with Crippen molar-refractivity contribution in [3.63, 3.8) is 0 Å². The fourth-order valence-electron chi connectivity index (χ4n) is 2.18. The third kappa shape index (κ3) is 2.85. The predicted octanol–water partition coefficient (Wildman–Crippen LogP) is 1.86. The maximum atomic E-state index is 5.53. The monoisotopic (exact) mass is 282 g/mol. The number of hydrogen-bond donors (Lipinski definition) is 2. The second-order valence-electron chi connectivity index (χ2n) is 4.87. The Morgan fingerprint density at radius 1 is 1.24 bits per heavy atom. The van der Waals surface area contributed by atoms with Gasteiger partial charge in [-0.25, -0.2) is 4.98 Å². The molecule has 0 aliphatic carbocycles. The average Bonchev–Trinajstić information content (AvgIpc) is 2.92. The van der Waals surface area contributed by atoms with E-state index in [2.05, 4.69) is 20.4 Å². The zero-order valence-electron chi connectivity index (χ0n) is 12.0. The topological polar surface area (TPSA) is 81.1 Å². The van der Waals surface area contributed by atoms with Crippen molar-refractivity contribution in [3.05, 3.63) is 42.2 Å². The van der Waals surface area contributed by atoms with Gasteiger partial charge in [0.1, 0.15) is 11.5 Å². The summed E-state index contributed by atoms with van der Waals surface area (Å²) in [6.45, 7) is 3.45. The zero-order chi connectivity index (χ0) is 14.7. The molecule has 0 aliphatic heterocycles. The summed E-state index contributed by atoms with van der Waals surface area (Å²) in [6.07, 6.45) is 2.68. The number of hydrogen-bond acceptors (Lipinski definition) is 5. The fraction of sp³-hybridized carbons (Fsp3) is 0.267. The Bertz CT molecular complexity index is 735. The molecule has 0 aromatic carbocycles. The lowest BCUT2D eigenvalue weighted by molar-refractivity contribution is 0.850. The normalized spacial score (nSPS) is 11.0. The van der Waals surface area contributed by atoms with Gasteiger partial charge in [-0.3, -0.25) is 4.98 Å². The lowest BCUT2D eigenvalue weighted by atomic mass is 10.3. The van der Waals surface area contributed by atoms with E-state index in [9.17, 15) is 0 Å². The van der Waals surface area contributed by atoms with Crippen LogP contribution in [0.5, 0.6) is 0 Å². The van der Waals surface area contributed by atoms with Gasteiger partial charge in [0.25, 0.3) is 0 Å². The van der Waals surface area contributed by atoms with E-state index in [1.807, 2.05) is 41.8 Å². The number of rotatable bonds is 5. The highest BCUT2D eigenvalue weighted by molar-refractivity contribution is 5.62. The van der Waals surface area contributed by atoms with Gasteiger partial charge in [0.05, 0.1) is 5.69 Å². The molecule has 6 nitrogen and oxygen atoms in total. The summed E-state index contributed by atoms with van der Waals surface area (Å²) in [6, 6.07) is 9.71. The van der Waals surface area contributed by atoms with Gasteiger partial charge >= 0.3 is 0 Å². The smallest absolute Gasteiger partial charge is 0.158 e. The van der Waals surface area contributed by atoms with Crippen LogP contribution in [0.1, 0.15) is 12.1 Å². The molecule has 0 saturated carbocycles. The Labute approximate surface area is 123 Å². The summed E-state index contributed by atoms with van der Waals surface area (Å²) in [7, 11) is 0. The van der Waals surface area contributed by atoms with E-state index in [1.54, 1.807) is 6.20 Å². The lowest BCUT2D eigenvalue weighted by Crippen LogP contribution is -2.11. The van der Waals surface area contributed by atoms with Crippen molar-refractivity contribution < 1.29 is 0 Å². The van der Waals surface area contributed by atoms with Crippen LogP contribution in [0.15, 0.2) is 36.5 Å². The van der Waals surface area contributed by atoms with Crippen LogP contribution < -0.4 is 11.1 Å². The molecule has 3 heterocycles. The van der Waals surface area contributed by atoms with Gasteiger partial charge in [-0.1, -0.05) is 6.07 Å². The fourth-order valence-corrected chi connectivity index (χ4v) is 2.18. The standard InChI is InChI=1S/C15H18N6/c1-11-9-14(18-8-4-6-16)21-15(19-11)10-13(20-21)12-5-2-3-7-17-12/h2-3,5,7,9-10,18H,4,6,8,16H2,1H3. The molecule has 3 aromatic heterocycles. The Morgan fingerprint density at radius 3 is 2.90 bits per heavy atom. The summed E-state index contributed by atoms with van der Waals surface area (Å²) in [4.78, 5) is 8.85. The van der Waals surface area contributed by atoms with Crippen LogP contribution in [0, 0.1) is 6.92 Å². The minimum atomic E-state index is 0.665. The SMILES string of the molecule is Cc1cc(NCCCN)n2nc(-c3ccccn3)cc2n1. The largest absolute Gasteiger partial charge is 0.370 e. The van der Waals surface area contributed by atoms with E-state index >= 15 is 0 Å². The van der Waals surface area contributed by atoms with Crippen LogP contribution in [0.25, 0.3) is 17.0 Å². The number of anilines is 1. The number of aryl methyl sites for hydroxylation is 1. The molecular formula is C15H18N6. The van der Waals surface area contributed by atoms with Crippen molar-refractivity contribution in [2.24, 2.45) is 5.73 Å². The summed E-state index contributed by atoms with van der Waals surface area (Å²) in [5.41, 5.74) is 8.95. The maximum absolute atomic E-state index is 5.53. The molecule has 0 spiro atoms. The first kappa shape index (κ1) is 13.5. The highest BCUT2D eigenvalue weighted by atomic mass is 15.3. The van der Waals surface area contributed by atoms with Crippen molar-refractivity contribution in [1.82, 2.24) is 19.6 Å². The van der Waals surface area contributed by atoms with Gasteiger partial charge in [0.2, 0.25) is 0 Å². The molecule has 3 N–H and O–H groups in total. The molecule has 0 saturated heterocycles. The summed E-state index contributed by atoms with van der Waals surface area (Å²) in [5, 5.41) is 7.95. The first-order valence-corrected chi connectivity index (χ1v) is 7.01. The van der Waals surface area contributed by atoms with Gasteiger partial charge in [-0.05, 0) is 32.0 Å². The summed E-state index contributed by atoms with van der Waals surface area (Å²) in [5.74, 6) is 0.924. The Balaban J connectivity index is 2.02. The van der Waals surface area contributed by atoms with Crippen molar-refractivity contribution in [2.45, 2.75) is 13.3 Å².